The SMILES string of the molecule is Cc1ncoc1C(=O)N1CCCC(Cc2cnc(N)cn2)CC1. The van der Waals surface area contributed by atoms with E-state index in [1.165, 1.54) is 6.39 Å². The molecule has 1 saturated heterocycles. The minimum absolute atomic E-state index is 0.0621. The average Bonchev–Trinajstić information content (AvgIpc) is 2.84. The molecule has 7 heteroatoms. The maximum absolute atomic E-state index is 12.5. The molecule has 2 N–H and O–H groups in total. The van der Waals surface area contributed by atoms with Crippen molar-refractivity contribution in [3.63, 3.8) is 0 Å². The minimum Gasteiger partial charge on any atom is -0.438 e. The highest BCUT2D eigenvalue weighted by Crippen LogP contribution is 2.22. The van der Waals surface area contributed by atoms with Crippen LogP contribution < -0.4 is 5.73 Å². The maximum atomic E-state index is 12.5. The number of nitrogens with zero attached hydrogens (tertiary/aromatic N) is 4. The Morgan fingerprint density at radius 3 is 2.87 bits per heavy atom. The van der Waals surface area contributed by atoms with Crippen molar-refractivity contribution in [3.8, 4) is 0 Å². The monoisotopic (exact) mass is 315 g/mol. The van der Waals surface area contributed by atoms with Gasteiger partial charge in [0, 0.05) is 13.1 Å². The van der Waals surface area contributed by atoms with Gasteiger partial charge in [0.15, 0.2) is 6.39 Å². The smallest absolute Gasteiger partial charge is 0.291 e. The molecule has 0 saturated carbocycles. The van der Waals surface area contributed by atoms with E-state index in [-0.39, 0.29) is 5.91 Å². The highest BCUT2D eigenvalue weighted by atomic mass is 16.3. The van der Waals surface area contributed by atoms with Gasteiger partial charge in [-0.25, -0.2) is 9.97 Å². The highest BCUT2D eigenvalue weighted by molar-refractivity contribution is 5.92. The maximum Gasteiger partial charge on any atom is 0.291 e. The topological polar surface area (TPSA) is 98.1 Å². The zero-order valence-electron chi connectivity index (χ0n) is 13.2. The predicted octanol–water partition coefficient (Wildman–Crippen LogP) is 1.84. The number of likely N-dealkylation sites (tertiary alicyclic amines) is 1. The van der Waals surface area contributed by atoms with E-state index >= 15 is 0 Å². The summed E-state index contributed by atoms with van der Waals surface area (Å²) in [5.74, 6) is 1.23. The van der Waals surface area contributed by atoms with Gasteiger partial charge in [-0.2, -0.15) is 0 Å². The Hall–Kier alpha value is -2.44. The second-order valence-electron chi connectivity index (χ2n) is 5.99. The normalized spacial score (nSPS) is 18.7. The first-order valence-electron chi connectivity index (χ1n) is 7.89. The van der Waals surface area contributed by atoms with Crippen LogP contribution in [0.1, 0.15) is 41.2 Å². The number of oxazole rings is 1. The van der Waals surface area contributed by atoms with Crippen LogP contribution in [-0.4, -0.2) is 38.8 Å². The Morgan fingerprint density at radius 2 is 2.17 bits per heavy atom. The number of aromatic nitrogens is 3. The van der Waals surface area contributed by atoms with Gasteiger partial charge in [-0.05, 0) is 38.5 Å². The molecular formula is C16H21N5O2. The molecule has 2 aromatic heterocycles. The molecule has 1 unspecified atom stereocenters. The molecule has 0 bridgehead atoms. The Balaban J connectivity index is 1.60. The molecular weight excluding hydrogens is 294 g/mol. The lowest BCUT2D eigenvalue weighted by Crippen LogP contribution is -2.32. The average molecular weight is 315 g/mol. The molecule has 3 rings (SSSR count). The molecule has 2 aromatic rings. The second kappa shape index (κ2) is 6.76. The molecule has 1 aliphatic rings. The summed E-state index contributed by atoms with van der Waals surface area (Å²) in [4.78, 5) is 26.8. The van der Waals surface area contributed by atoms with Crippen molar-refractivity contribution in [3.05, 3.63) is 35.9 Å². The van der Waals surface area contributed by atoms with Crippen LogP contribution in [-0.2, 0) is 6.42 Å². The van der Waals surface area contributed by atoms with Crippen molar-refractivity contribution < 1.29 is 9.21 Å². The second-order valence-corrected chi connectivity index (χ2v) is 5.99. The number of hydrogen-bond donors (Lipinski definition) is 1. The van der Waals surface area contributed by atoms with Gasteiger partial charge in [-0.15, -0.1) is 0 Å². The van der Waals surface area contributed by atoms with Crippen LogP contribution in [0.3, 0.4) is 0 Å². The Bertz CT molecular complexity index is 667. The number of carbonyl (C=O) groups is 1. The number of aryl methyl sites for hydroxylation is 1. The number of hydrogen-bond acceptors (Lipinski definition) is 6. The van der Waals surface area contributed by atoms with E-state index in [4.69, 9.17) is 10.2 Å². The van der Waals surface area contributed by atoms with Crippen molar-refractivity contribution in [1.82, 2.24) is 19.9 Å². The molecule has 1 amide bonds. The number of carbonyl (C=O) groups excluding carboxylic acids is 1. The van der Waals surface area contributed by atoms with E-state index in [1.54, 1.807) is 19.3 Å². The highest BCUT2D eigenvalue weighted by Gasteiger charge is 2.25. The largest absolute Gasteiger partial charge is 0.438 e. The van der Waals surface area contributed by atoms with Crippen molar-refractivity contribution >= 4 is 11.7 Å². The number of anilines is 1. The quantitative estimate of drug-likeness (QED) is 0.928. The molecule has 0 aromatic carbocycles. The van der Waals surface area contributed by atoms with Gasteiger partial charge < -0.3 is 15.1 Å². The van der Waals surface area contributed by atoms with Crippen LogP contribution >= 0.6 is 0 Å². The van der Waals surface area contributed by atoms with Crippen LogP contribution in [0.5, 0.6) is 0 Å². The van der Waals surface area contributed by atoms with Gasteiger partial charge in [-0.3, -0.25) is 9.78 Å². The van der Waals surface area contributed by atoms with Crippen molar-refractivity contribution in [1.29, 1.82) is 0 Å². The third-order valence-electron chi connectivity index (χ3n) is 4.30. The van der Waals surface area contributed by atoms with Crippen molar-refractivity contribution in [2.45, 2.75) is 32.6 Å². The zero-order chi connectivity index (χ0) is 16.2. The molecule has 0 aliphatic carbocycles. The first-order chi connectivity index (χ1) is 11.1. The van der Waals surface area contributed by atoms with Crippen LogP contribution in [0.4, 0.5) is 5.82 Å². The number of rotatable bonds is 3. The molecule has 3 heterocycles. The first-order valence-corrected chi connectivity index (χ1v) is 7.89. The summed E-state index contributed by atoms with van der Waals surface area (Å²) in [5.41, 5.74) is 7.16. The molecule has 0 spiro atoms. The van der Waals surface area contributed by atoms with Crippen molar-refractivity contribution in [2.24, 2.45) is 5.92 Å². The molecule has 122 valence electrons. The van der Waals surface area contributed by atoms with E-state index in [1.807, 2.05) is 4.90 Å². The van der Waals surface area contributed by atoms with Crippen LogP contribution in [0, 0.1) is 12.8 Å². The summed E-state index contributed by atoms with van der Waals surface area (Å²) in [6.07, 6.45) is 8.53. The summed E-state index contributed by atoms with van der Waals surface area (Å²) in [6, 6.07) is 0. The number of nitrogen functional groups attached to an aromatic ring is 1. The molecule has 1 fully saturated rings. The summed E-state index contributed by atoms with van der Waals surface area (Å²) in [7, 11) is 0. The summed E-state index contributed by atoms with van der Waals surface area (Å²) < 4.78 is 5.22. The lowest BCUT2D eigenvalue weighted by Gasteiger charge is -2.19. The van der Waals surface area contributed by atoms with Gasteiger partial charge in [0.05, 0.1) is 23.8 Å². The third kappa shape index (κ3) is 3.67. The number of amides is 1. The van der Waals surface area contributed by atoms with Gasteiger partial charge in [0.1, 0.15) is 5.82 Å². The molecule has 0 radical (unpaired) electrons. The Labute approximate surface area is 134 Å². The molecule has 23 heavy (non-hydrogen) atoms. The Morgan fingerprint density at radius 1 is 1.30 bits per heavy atom. The molecule has 7 nitrogen and oxygen atoms in total. The fourth-order valence-corrected chi connectivity index (χ4v) is 2.99. The lowest BCUT2D eigenvalue weighted by atomic mass is 9.95. The van der Waals surface area contributed by atoms with E-state index in [0.717, 1.165) is 44.5 Å². The van der Waals surface area contributed by atoms with E-state index in [9.17, 15) is 4.79 Å². The summed E-state index contributed by atoms with van der Waals surface area (Å²) in [6.45, 7) is 3.27. The Kier molecular flexibility index (Phi) is 4.55. The van der Waals surface area contributed by atoms with Crippen molar-refractivity contribution in [2.75, 3.05) is 18.8 Å². The zero-order valence-corrected chi connectivity index (χ0v) is 13.2. The first kappa shape index (κ1) is 15.5. The third-order valence-corrected chi connectivity index (χ3v) is 4.30. The fourth-order valence-electron chi connectivity index (χ4n) is 2.99. The molecule has 1 atom stereocenters. The van der Waals surface area contributed by atoms with E-state index < -0.39 is 0 Å². The fraction of sp³-hybridized carbons (Fsp3) is 0.500. The summed E-state index contributed by atoms with van der Waals surface area (Å²) in [5, 5.41) is 0. The summed E-state index contributed by atoms with van der Waals surface area (Å²) >= 11 is 0. The van der Waals surface area contributed by atoms with Gasteiger partial charge >= 0.3 is 0 Å². The van der Waals surface area contributed by atoms with Gasteiger partial charge in [0.2, 0.25) is 5.76 Å². The standard InChI is InChI=1S/C16H21N5O2/c1-11-15(23-10-20-11)16(22)21-5-2-3-12(4-6-21)7-13-8-19-14(17)9-18-13/h8-10,12H,2-7H2,1H3,(H2,17,19). The van der Waals surface area contributed by atoms with Crippen LogP contribution in [0.2, 0.25) is 0 Å². The minimum atomic E-state index is -0.0621. The molecule has 1 aliphatic heterocycles. The van der Waals surface area contributed by atoms with E-state index in [0.29, 0.717) is 23.2 Å². The number of nitrogens with two attached hydrogens (primary N) is 1. The predicted molar refractivity (Wildman–Crippen MR) is 84.6 cm³/mol. The van der Waals surface area contributed by atoms with Crippen LogP contribution in [0.15, 0.2) is 23.2 Å². The van der Waals surface area contributed by atoms with Gasteiger partial charge in [-0.1, -0.05) is 0 Å². The lowest BCUT2D eigenvalue weighted by molar-refractivity contribution is 0.0727. The van der Waals surface area contributed by atoms with Gasteiger partial charge in [0.25, 0.3) is 5.91 Å². The van der Waals surface area contributed by atoms with Crippen LogP contribution in [0.25, 0.3) is 0 Å². The van der Waals surface area contributed by atoms with E-state index in [2.05, 4.69) is 15.0 Å².